The van der Waals surface area contributed by atoms with E-state index >= 15 is 0 Å². The number of rotatable bonds is 3. The first-order chi connectivity index (χ1) is 10.8. The monoisotopic (exact) mass is 344 g/mol. The largest absolute Gasteiger partial charge is 0.445 e. The van der Waals surface area contributed by atoms with Crippen molar-refractivity contribution in [3.63, 3.8) is 0 Å². The van der Waals surface area contributed by atoms with Crippen molar-refractivity contribution in [3.8, 4) is 0 Å². The van der Waals surface area contributed by atoms with E-state index < -0.39 is 11.6 Å². The van der Waals surface area contributed by atoms with Gasteiger partial charge in [0, 0.05) is 13.1 Å². The Bertz CT molecular complexity index is 561. The summed E-state index contributed by atoms with van der Waals surface area (Å²) in [4.78, 5) is 25.2. The Labute approximate surface area is 139 Å². The van der Waals surface area contributed by atoms with Crippen LogP contribution in [-0.4, -0.2) is 56.7 Å². The molecule has 1 fully saturated rings. The summed E-state index contributed by atoms with van der Waals surface area (Å²) in [7, 11) is 0. The lowest BCUT2D eigenvalue weighted by Crippen LogP contribution is -2.42. The zero-order chi connectivity index (χ0) is 17.0. The fourth-order valence-corrected chi connectivity index (χ4v) is 2.41. The summed E-state index contributed by atoms with van der Waals surface area (Å²) >= 11 is 5.35. The molecule has 0 aromatic carbocycles. The molecule has 0 N–H and O–H groups in total. The topological polar surface area (TPSA) is 86.5 Å². The minimum absolute atomic E-state index is 0.0822. The molecule has 2 heterocycles. The number of ether oxygens (including phenoxy) is 2. The van der Waals surface area contributed by atoms with Gasteiger partial charge < -0.3 is 14.4 Å². The highest BCUT2D eigenvalue weighted by Crippen LogP contribution is 2.23. The average Bonchev–Trinajstić information content (AvgIpc) is 2.96. The van der Waals surface area contributed by atoms with Crippen LogP contribution in [0.3, 0.4) is 0 Å². The highest BCUT2D eigenvalue weighted by atomic mass is 35.5. The molecule has 1 amide bonds. The Morgan fingerprint density at radius 3 is 2.57 bits per heavy atom. The Morgan fingerprint density at radius 1 is 1.35 bits per heavy atom. The summed E-state index contributed by atoms with van der Waals surface area (Å²) in [5.74, 6) is -0.600. The lowest BCUT2D eigenvalue weighted by Gasteiger charge is -2.33. The first-order valence-electron chi connectivity index (χ1n) is 7.43. The third-order valence-corrected chi connectivity index (χ3v) is 3.50. The van der Waals surface area contributed by atoms with Gasteiger partial charge in [-0.05, 0) is 33.6 Å². The Balaban J connectivity index is 1.89. The minimum Gasteiger partial charge on any atom is -0.445 e. The number of esters is 1. The van der Waals surface area contributed by atoms with Crippen molar-refractivity contribution in [1.29, 1.82) is 0 Å². The predicted molar refractivity (Wildman–Crippen MR) is 82.2 cm³/mol. The molecule has 0 unspecified atom stereocenters. The number of aromatic nitrogens is 3. The van der Waals surface area contributed by atoms with Crippen LogP contribution in [0.15, 0.2) is 6.20 Å². The summed E-state index contributed by atoms with van der Waals surface area (Å²) in [5.41, 5.74) is -0.377. The minimum atomic E-state index is -0.600. The number of alkyl halides is 1. The molecule has 2 rings (SSSR count). The number of nitrogens with zero attached hydrogens (tertiary/aromatic N) is 4. The van der Waals surface area contributed by atoms with Gasteiger partial charge in [-0.3, -0.25) is 0 Å². The number of carbonyl (C=O) groups excluding carboxylic acids is 2. The smallest absolute Gasteiger partial charge is 0.410 e. The van der Waals surface area contributed by atoms with Crippen molar-refractivity contribution in [3.05, 3.63) is 11.9 Å². The highest BCUT2D eigenvalue weighted by Gasteiger charge is 2.28. The first kappa shape index (κ1) is 17.5. The van der Waals surface area contributed by atoms with Gasteiger partial charge >= 0.3 is 12.1 Å². The third kappa shape index (κ3) is 4.82. The van der Waals surface area contributed by atoms with E-state index in [-0.39, 0.29) is 23.9 Å². The molecule has 23 heavy (non-hydrogen) atoms. The second-order valence-corrected chi connectivity index (χ2v) is 6.54. The Kier molecular flexibility index (Phi) is 5.46. The molecule has 1 aliphatic rings. The van der Waals surface area contributed by atoms with E-state index in [0.29, 0.717) is 25.9 Å². The van der Waals surface area contributed by atoms with E-state index in [1.807, 2.05) is 20.8 Å². The second-order valence-electron chi connectivity index (χ2n) is 6.32. The molecule has 1 saturated heterocycles. The SMILES string of the molecule is CC(C)(C)OC(=O)N1CCC(n2cc(C(=O)OCCl)nn2)CC1. The number of carbonyl (C=O) groups is 2. The van der Waals surface area contributed by atoms with Crippen LogP contribution in [0.2, 0.25) is 0 Å². The van der Waals surface area contributed by atoms with Crippen molar-refractivity contribution >= 4 is 23.7 Å². The highest BCUT2D eigenvalue weighted by molar-refractivity contribution is 6.17. The maximum absolute atomic E-state index is 12.0. The van der Waals surface area contributed by atoms with Crippen molar-refractivity contribution in [1.82, 2.24) is 19.9 Å². The number of halogens is 1. The van der Waals surface area contributed by atoms with E-state index in [4.69, 9.17) is 16.3 Å². The van der Waals surface area contributed by atoms with Gasteiger partial charge in [0.25, 0.3) is 0 Å². The second kappa shape index (κ2) is 7.16. The van der Waals surface area contributed by atoms with Gasteiger partial charge in [-0.25, -0.2) is 14.3 Å². The summed E-state index contributed by atoms with van der Waals surface area (Å²) in [6.07, 6.45) is 2.67. The van der Waals surface area contributed by atoms with E-state index in [1.54, 1.807) is 15.8 Å². The lowest BCUT2D eigenvalue weighted by atomic mass is 10.1. The Morgan fingerprint density at radius 2 is 2.00 bits per heavy atom. The number of piperidine rings is 1. The van der Waals surface area contributed by atoms with Gasteiger partial charge in [0.15, 0.2) is 11.8 Å². The van der Waals surface area contributed by atoms with Crippen LogP contribution in [-0.2, 0) is 9.47 Å². The predicted octanol–water partition coefficient (Wildman–Crippen LogP) is 2.20. The summed E-state index contributed by atoms with van der Waals surface area (Å²) in [6.45, 7) is 6.67. The van der Waals surface area contributed by atoms with Gasteiger partial charge in [0.2, 0.25) is 0 Å². The average molecular weight is 345 g/mol. The fraction of sp³-hybridized carbons (Fsp3) is 0.714. The molecule has 1 aromatic rings. The molecule has 0 atom stereocenters. The zero-order valence-electron chi connectivity index (χ0n) is 13.5. The van der Waals surface area contributed by atoms with Gasteiger partial charge in [0.05, 0.1) is 12.2 Å². The van der Waals surface area contributed by atoms with E-state index in [2.05, 4.69) is 15.0 Å². The number of hydrogen-bond donors (Lipinski definition) is 0. The quantitative estimate of drug-likeness (QED) is 0.617. The van der Waals surface area contributed by atoms with Crippen LogP contribution < -0.4 is 0 Å². The maximum atomic E-state index is 12.0. The van der Waals surface area contributed by atoms with Crippen molar-refractivity contribution < 1.29 is 19.1 Å². The maximum Gasteiger partial charge on any atom is 0.410 e. The lowest BCUT2D eigenvalue weighted by molar-refractivity contribution is 0.0184. The van der Waals surface area contributed by atoms with Crippen LogP contribution >= 0.6 is 11.6 Å². The summed E-state index contributed by atoms with van der Waals surface area (Å²) in [5, 5.41) is 7.75. The molecule has 0 bridgehead atoms. The molecule has 8 nitrogen and oxygen atoms in total. The summed E-state index contributed by atoms with van der Waals surface area (Å²) < 4.78 is 11.7. The van der Waals surface area contributed by atoms with Gasteiger partial charge in [-0.15, -0.1) is 5.10 Å². The molecule has 0 aliphatic carbocycles. The molecule has 128 valence electrons. The van der Waals surface area contributed by atoms with Crippen LogP contribution in [0.1, 0.15) is 50.1 Å². The van der Waals surface area contributed by atoms with Crippen molar-refractivity contribution in [2.75, 3.05) is 19.2 Å². The summed E-state index contributed by atoms with van der Waals surface area (Å²) in [6, 6.07) is -0.140. The molecular formula is C14H21ClN4O4. The van der Waals surface area contributed by atoms with E-state index in [1.165, 1.54) is 0 Å². The van der Waals surface area contributed by atoms with Gasteiger partial charge in [0.1, 0.15) is 5.60 Å². The third-order valence-electron chi connectivity index (χ3n) is 3.40. The number of likely N-dealkylation sites (tertiary alicyclic amines) is 1. The zero-order valence-corrected chi connectivity index (χ0v) is 14.2. The molecule has 0 radical (unpaired) electrons. The Hall–Kier alpha value is -1.83. The van der Waals surface area contributed by atoms with Crippen LogP contribution in [0.4, 0.5) is 4.79 Å². The first-order valence-corrected chi connectivity index (χ1v) is 7.96. The van der Waals surface area contributed by atoms with Gasteiger partial charge in [-0.1, -0.05) is 16.8 Å². The normalized spacial score (nSPS) is 16.3. The van der Waals surface area contributed by atoms with Crippen molar-refractivity contribution in [2.24, 2.45) is 0 Å². The molecular weight excluding hydrogens is 324 g/mol. The number of amides is 1. The molecule has 1 aromatic heterocycles. The van der Waals surface area contributed by atoms with Crippen LogP contribution in [0.25, 0.3) is 0 Å². The molecule has 9 heteroatoms. The number of hydrogen-bond acceptors (Lipinski definition) is 6. The molecule has 1 aliphatic heterocycles. The standard InChI is InChI=1S/C14H21ClN4O4/c1-14(2,3)23-13(21)18-6-4-10(5-7-18)19-8-11(16-17-19)12(20)22-9-15/h8,10H,4-7,9H2,1-3H3. The van der Waals surface area contributed by atoms with E-state index in [9.17, 15) is 9.59 Å². The van der Waals surface area contributed by atoms with Crippen molar-refractivity contribution in [2.45, 2.75) is 45.3 Å². The molecule has 0 saturated carbocycles. The molecule has 0 spiro atoms. The van der Waals surface area contributed by atoms with Gasteiger partial charge in [-0.2, -0.15) is 0 Å². The van der Waals surface area contributed by atoms with E-state index in [0.717, 1.165) is 0 Å². The fourth-order valence-electron chi connectivity index (χ4n) is 2.31. The van der Waals surface area contributed by atoms with Crippen LogP contribution in [0.5, 0.6) is 0 Å². The van der Waals surface area contributed by atoms with Crippen LogP contribution in [0, 0.1) is 0 Å².